The van der Waals surface area contributed by atoms with Crippen LogP contribution in [0.25, 0.3) is 0 Å². The first kappa shape index (κ1) is 17.4. The Morgan fingerprint density at radius 1 is 1.14 bits per heavy atom. The molecule has 0 saturated carbocycles. The first-order valence-electron chi connectivity index (χ1n) is 7.13. The standard InChI is InChI=1S/C15H19Cl2N3O2/c16-13-3-2-12(10-14(13)17)15(18,11-22)20-7-5-19(6-8-20)4-1-9-21/h2-3,9-11H,1,4-8,18H2. The first-order chi connectivity index (χ1) is 10.5. The van der Waals surface area contributed by atoms with E-state index in [2.05, 4.69) is 4.90 Å². The van der Waals surface area contributed by atoms with Crippen LogP contribution in [0, 0.1) is 0 Å². The molecule has 1 unspecified atom stereocenters. The third-order valence-electron chi connectivity index (χ3n) is 4.02. The van der Waals surface area contributed by atoms with Gasteiger partial charge in [0, 0.05) is 39.1 Å². The van der Waals surface area contributed by atoms with Gasteiger partial charge in [0.25, 0.3) is 0 Å². The number of piperazine rings is 1. The maximum atomic E-state index is 11.7. The number of halogens is 2. The zero-order valence-corrected chi connectivity index (χ0v) is 13.7. The van der Waals surface area contributed by atoms with Crippen LogP contribution in [0.4, 0.5) is 0 Å². The van der Waals surface area contributed by atoms with Crippen molar-refractivity contribution < 1.29 is 9.59 Å². The van der Waals surface area contributed by atoms with Crippen molar-refractivity contribution in [3.8, 4) is 0 Å². The van der Waals surface area contributed by atoms with Gasteiger partial charge in [-0.25, -0.2) is 0 Å². The molecule has 1 saturated heterocycles. The van der Waals surface area contributed by atoms with Crippen LogP contribution in [0.2, 0.25) is 10.0 Å². The summed E-state index contributed by atoms with van der Waals surface area (Å²) < 4.78 is 0. The molecule has 0 aliphatic carbocycles. The molecule has 2 rings (SSSR count). The molecule has 0 spiro atoms. The van der Waals surface area contributed by atoms with Gasteiger partial charge in [-0.3, -0.25) is 9.69 Å². The number of nitrogens with two attached hydrogens (primary N) is 1. The normalized spacial score (nSPS) is 19.6. The van der Waals surface area contributed by atoms with E-state index in [0.717, 1.165) is 32.2 Å². The van der Waals surface area contributed by atoms with Gasteiger partial charge in [-0.05, 0) is 17.7 Å². The quantitative estimate of drug-likeness (QED) is 0.793. The molecule has 0 aromatic heterocycles. The summed E-state index contributed by atoms with van der Waals surface area (Å²) in [7, 11) is 0. The van der Waals surface area contributed by atoms with Crippen molar-refractivity contribution in [3.05, 3.63) is 33.8 Å². The van der Waals surface area contributed by atoms with E-state index in [-0.39, 0.29) is 0 Å². The van der Waals surface area contributed by atoms with Crippen LogP contribution in [0.1, 0.15) is 12.0 Å². The molecule has 7 heteroatoms. The van der Waals surface area contributed by atoms with Crippen molar-refractivity contribution in [2.75, 3.05) is 32.7 Å². The Bertz CT molecular complexity index is 548. The third-order valence-corrected chi connectivity index (χ3v) is 4.76. The lowest BCUT2D eigenvalue weighted by Gasteiger charge is -2.42. The zero-order valence-electron chi connectivity index (χ0n) is 12.2. The monoisotopic (exact) mass is 343 g/mol. The molecule has 1 aromatic carbocycles. The van der Waals surface area contributed by atoms with E-state index in [1.165, 1.54) is 0 Å². The van der Waals surface area contributed by atoms with Gasteiger partial charge in [-0.2, -0.15) is 0 Å². The SMILES string of the molecule is NC(C=O)(c1ccc(Cl)c(Cl)c1)N1CCN(CCC=O)CC1. The molecule has 1 fully saturated rings. The number of nitrogens with zero attached hydrogens (tertiary/aromatic N) is 2. The van der Waals surface area contributed by atoms with Gasteiger partial charge in [-0.15, -0.1) is 0 Å². The van der Waals surface area contributed by atoms with Crippen molar-refractivity contribution in [2.45, 2.75) is 12.1 Å². The highest BCUT2D eigenvalue weighted by Gasteiger charge is 2.36. The molecule has 1 aromatic rings. The largest absolute Gasteiger partial charge is 0.303 e. The van der Waals surface area contributed by atoms with Gasteiger partial charge < -0.3 is 15.4 Å². The van der Waals surface area contributed by atoms with Crippen molar-refractivity contribution in [2.24, 2.45) is 5.73 Å². The highest BCUT2D eigenvalue weighted by Crippen LogP contribution is 2.29. The van der Waals surface area contributed by atoms with E-state index in [4.69, 9.17) is 28.9 Å². The molecule has 5 nitrogen and oxygen atoms in total. The van der Waals surface area contributed by atoms with Gasteiger partial charge in [0.2, 0.25) is 0 Å². The van der Waals surface area contributed by atoms with Crippen LogP contribution >= 0.6 is 23.2 Å². The number of hydrogen-bond donors (Lipinski definition) is 1. The minimum absolute atomic E-state index is 0.375. The molecule has 1 aliphatic heterocycles. The van der Waals surface area contributed by atoms with Crippen LogP contribution in [0.15, 0.2) is 18.2 Å². The van der Waals surface area contributed by atoms with Crippen LogP contribution in [0.3, 0.4) is 0 Å². The van der Waals surface area contributed by atoms with Gasteiger partial charge in [0.1, 0.15) is 6.29 Å². The van der Waals surface area contributed by atoms with Gasteiger partial charge in [0.15, 0.2) is 11.9 Å². The molecule has 120 valence electrons. The Balaban J connectivity index is 2.12. The first-order valence-corrected chi connectivity index (χ1v) is 7.88. The van der Waals surface area contributed by atoms with E-state index >= 15 is 0 Å². The summed E-state index contributed by atoms with van der Waals surface area (Å²) in [6.07, 6.45) is 2.18. The second kappa shape index (κ2) is 7.53. The predicted octanol–water partition coefficient (Wildman–Crippen LogP) is 1.51. The summed E-state index contributed by atoms with van der Waals surface area (Å²) in [6, 6.07) is 5.00. The molecule has 22 heavy (non-hydrogen) atoms. The summed E-state index contributed by atoms with van der Waals surface area (Å²) in [5.74, 6) is 0. The maximum absolute atomic E-state index is 11.7. The molecular formula is C15H19Cl2N3O2. The smallest absolute Gasteiger partial charge is 0.159 e. The third kappa shape index (κ3) is 3.67. The lowest BCUT2D eigenvalue weighted by molar-refractivity contribution is -0.120. The second-order valence-electron chi connectivity index (χ2n) is 5.36. The van der Waals surface area contributed by atoms with Gasteiger partial charge in [0.05, 0.1) is 10.0 Å². The summed E-state index contributed by atoms with van der Waals surface area (Å²) >= 11 is 12.0. The maximum Gasteiger partial charge on any atom is 0.159 e. The molecule has 1 aliphatic rings. The Morgan fingerprint density at radius 3 is 2.36 bits per heavy atom. The Kier molecular flexibility index (Phi) is 5.94. The summed E-state index contributed by atoms with van der Waals surface area (Å²) in [4.78, 5) is 26.2. The Morgan fingerprint density at radius 2 is 1.82 bits per heavy atom. The van der Waals surface area contributed by atoms with Crippen molar-refractivity contribution in [3.63, 3.8) is 0 Å². The lowest BCUT2D eigenvalue weighted by Crippen LogP contribution is -2.60. The van der Waals surface area contributed by atoms with E-state index in [1.807, 2.05) is 4.90 Å². The van der Waals surface area contributed by atoms with E-state index < -0.39 is 5.66 Å². The molecule has 0 amide bonds. The number of hydrogen-bond acceptors (Lipinski definition) is 5. The number of carbonyl (C=O) groups is 2. The molecule has 1 heterocycles. The van der Waals surface area contributed by atoms with Gasteiger partial charge >= 0.3 is 0 Å². The fraction of sp³-hybridized carbons (Fsp3) is 0.467. The van der Waals surface area contributed by atoms with E-state index in [1.54, 1.807) is 18.2 Å². The minimum Gasteiger partial charge on any atom is -0.303 e. The topological polar surface area (TPSA) is 66.6 Å². The van der Waals surface area contributed by atoms with Crippen molar-refractivity contribution in [1.29, 1.82) is 0 Å². The Hall–Kier alpha value is -0.980. The number of carbonyl (C=O) groups excluding carboxylic acids is 2. The second-order valence-corrected chi connectivity index (χ2v) is 6.17. The lowest BCUT2D eigenvalue weighted by atomic mass is 9.99. The van der Waals surface area contributed by atoms with Crippen LogP contribution in [0.5, 0.6) is 0 Å². The highest BCUT2D eigenvalue weighted by atomic mass is 35.5. The average molecular weight is 344 g/mol. The van der Waals surface area contributed by atoms with Crippen LogP contribution < -0.4 is 5.73 Å². The minimum atomic E-state index is -1.22. The summed E-state index contributed by atoms with van der Waals surface area (Å²) in [5.41, 5.74) is 5.75. The van der Waals surface area contributed by atoms with E-state index in [9.17, 15) is 9.59 Å². The predicted molar refractivity (Wildman–Crippen MR) is 87.1 cm³/mol. The molecular weight excluding hydrogens is 325 g/mol. The molecule has 1 atom stereocenters. The number of rotatable bonds is 6. The van der Waals surface area contributed by atoms with Crippen molar-refractivity contribution >= 4 is 35.8 Å². The van der Waals surface area contributed by atoms with Crippen LogP contribution in [-0.2, 0) is 15.3 Å². The molecule has 0 bridgehead atoms. The number of benzene rings is 1. The van der Waals surface area contributed by atoms with Gasteiger partial charge in [-0.1, -0.05) is 29.3 Å². The van der Waals surface area contributed by atoms with Crippen LogP contribution in [-0.4, -0.2) is 55.1 Å². The van der Waals surface area contributed by atoms with E-state index in [0.29, 0.717) is 35.1 Å². The Labute approximate surface area is 139 Å². The molecule has 2 N–H and O–H groups in total. The highest BCUT2D eigenvalue weighted by molar-refractivity contribution is 6.42. The summed E-state index contributed by atoms with van der Waals surface area (Å²) in [5, 5.41) is 0.804. The fourth-order valence-electron chi connectivity index (χ4n) is 2.65. The fourth-order valence-corrected chi connectivity index (χ4v) is 2.95. The average Bonchev–Trinajstić information content (AvgIpc) is 2.55. The number of aldehydes is 2. The molecule has 0 radical (unpaired) electrons. The van der Waals surface area contributed by atoms with Crippen molar-refractivity contribution in [1.82, 2.24) is 9.80 Å². The zero-order chi connectivity index (χ0) is 16.2. The summed E-state index contributed by atoms with van der Waals surface area (Å²) in [6.45, 7) is 3.56.